The Labute approximate surface area is 79.8 Å². The van der Waals surface area contributed by atoms with Crippen molar-refractivity contribution in [1.29, 1.82) is 5.53 Å². The summed E-state index contributed by atoms with van der Waals surface area (Å²) in [6.07, 6.45) is 0. The maximum Gasteiger partial charge on any atom is 0.377 e. The highest BCUT2D eigenvalue weighted by molar-refractivity contribution is 6.34. The fourth-order valence-corrected chi connectivity index (χ4v) is 0.751. The van der Waals surface area contributed by atoms with E-state index in [1.165, 1.54) is 0 Å². The molecule has 1 aromatic carbocycles. The summed E-state index contributed by atoms with van der Waals surface area (Å²) in [5.41, 5.74) is 9.63. The normalized spacial score (nSPS) is 10.7. The molecule has 0 heterocycles. The number of carboxylic acid groups (broad SMARTS) is 1. The van der Waals surface area contributed by atoms with Crippen LogP contribution in [-0.4, -0.2) is 16.9 Å². The van der Waals surface area contributed by atoms with Crippen LogP contribution in [0.1, 0.15) is 0 Å². The van der Waals surface area contributed by atoms with Gasteiger partial charge in [0, 0.05) is 0 Å². The standard InChI is InChI=1S/C8H8N4O2/c9-10-7(8(13)14)12-11-6-4-2-1-3-5-6/h1-5,9,11H,(H,13,14)/b10-9?,12-7-. The highest BCUT2D eigenvalue weighted by atomic mass is 16.4. The van der Waals surface area contributed by atoms with Crippen LogP contribution in [0.15, 0.2) is 40.5 Å². The molecule has 0 amide bonds. The quantitative estimate of drug-likeness (QED) is 0.287. The lowest BCUT2D eigenvalue weighted by atomic mass is 10.3. The maximum atomic E-state index is 10.4. The van der Waals surface area contributed by atoms with E-state index < -0.39 is 11.8 Å². The fraction of sp³-hybridized carbons (Fsp3) is 0. The number of hydrogen-bond donors (Lipinski definition) is 3. The Hall–Kier alpha value is -2.24. The van der Waals surface area contributed by atoms with E-state index in [1.807, 2.05) is 6.07 Å². The molecule has 0 aliphatic carbocycles. The van der Waals surface area contributed by atoms with Gasteiger partial charge in [-0.1, -0.05) is 18.2 Å². The molecule has 0 spiro atoms. The van der Waals surface area contributed by atoms with E-state index in [0.29, 0.717) is 5.69 Å². The Bertz CT molecular complexity index is 361. The molecule has 1 aromatic rings. The number of rotatable bonds is 2. The minimum absolute atomic E-state index is 0.589. The number of carbonyl (C=O) groups is 1. The molecule has 0 bridgehead atoms. The third-order valence-corrected chi connectivity index (χ3v) is 1.36. The number of aliphatic carboxylic acids is 1. The summed E-state index contributed by atoms with van der Waals surface area (Å²) in [4.78, 5) is 10.4. The van der Waals surface area contributed by atoms with E-state index in [2.05, 4.69) is 15.6 Å². The molecule has 1 rings (SSSR count). The van der Waals surface area contributed by atoms with Gasteiger partial charge in [-0.05, 0) is 12.1 Å². The van der Waals surface area contributed by atoms with Crippen molar-refractivity contribution in [3.63, 3.8) is 0 Å². The van der Waals surface area contributed by atoms with Crippen LogP contribution in [0.5, 0.6) is 0 Å². The first-order chi connectivity index (χ1) is 6.74. The first-order valence-electron chi connectivity index (χ1n) is 3.73. The molecule has 3 N–H and O–H groups in total. The lowest BCUT2D eigenvalue weighted by molar-refractivity contribution is -0.129. The van der Waals surface area contributed by atoms with Crippen molar-refractivity contribution in [1.82, 2.24) is 0 Å². The predicted molar refractivity (Wildman–Crippen MR) is 50.3 cm³/mol. The van der Waals surface area contributed by atoms with Crippen LogP contribution in [0.25, 0.3) is 0 Å². The monoisotopic (exact) mass is 192 g/mol. The van der Waals surface area contributed by atoms with Crippen LogP contribution in [0.3, 0.4) is 0 Å². The molecule has 72 valence electrons. The number of hydrazone groups is 1. The van der Waals surface area contributed by atoms with E-state index in [4.69, 9.17) is 10.6 Å². The second-order valence-corrected chi connectivity index (χ2v) is 2.33. The zero-order chi connectivity index (χ0) is 10.4. The molecular weight excluding hydrogens is 184 g/mol. The Kier molecular flexibility index (Phi) is 3.31. The van der Waals surface area contributed by atoms with Crippen LogP contribution in [-0.2, 0) is 4.79 Å². The highest BCUT2D eigenvalue weighted by Gasteiger charge is 2.06. The van der Waals surface area contributed by atoms with Crippen molar-refractivity contribution in [2.24, 2.45) is 10.2 Å². The largest absolute Gasteiger partial charge is 0.475 e. The van der Waals surface area contributed by atoms with Gasteiger partial charge in [-0.2, -0.15) is 0 Å². The van der Waals surface area contributed by atoms with Crippen molar-refractivity contribution in [3.05, 3.63) is 30.3 Å². The number of hydrogen-bond acceptors (Lipinski definition) is 4. The average Bonchev–Trinajstić information content (AvgIpc) is 2.20. The smallest absolute Gasteiger partial charge is 0.377 e. The summed E-state index contributed by atoms with van der Waals surface area (Å²) in [6.45, 7) is 0. The summed E-state index contributed by atoms with van der Waals surface area (Å²) in [5.74, 6) is -1.93. The van der Waals surface area contributed by atoms with E-state index >= 15 is 0 Å². The van der Waals surface area contributed by atoms with Crippen molar-refractivity contribution >= 4 is 17.5 Å². The molecule has 0 aromatic heterocycles. The van der Waals surface area contributed by atoms with E-state index in [9.17, 15) is 4.79 Å². The second-order valence-electron chi connectivity index (χ2n) is 2.33. The summed E-state index contributed by atoms with van der Waals surface area (Å²) >= 11 is 0. The van der Waals surface area contributed by atoms with Crippen LogP contribution in [0, 0.1) is 5.53 Å². The first-order valence-corrected chi connectivity index (χ1v) is 3.73. The average molecular weight is 192 g/mol. The minimum atomic E-state index is -1.34. The zero-order valence-electron chi connectivity index (χ0n) is 7.14. The summed E-state index contributed by atoms with van der Waals surface area (Å²) in [7, 11) is 0. The predicted octanol–water partition coefficient (Wildman–Crippen LogP) is 1.53. The van der Waals surface area contributed by atoms with E-state index in [1.54, 1.807) is 24.3 Å². The minimum Gasteiger partial charge on any atom is -0.475 e. The molecular formula is C8H8N4O2. The van der Waals surface area contributed by atoms with Gasteiger partial charge in [-0.15, -0.1) is 10.2 Å². The number of nitrogens with zero attached hydrogens (tertiary/aromatic N) is 2. The van der Waals surface area contributed by atoms with Crippen LogP contribution in [0.2, 0.25) is 0 Å². The fourth-order valence-electron chi connectivity index (χ4n) is 0.751. The molecule has 6 nitrogen and oxygen atoms in total. The SMILES string of the molecule is N=N/C(=N\Nc1ccccc1)C(=O)O. The van der Waals surface area contributed by atoms with Gasteiger partial charge < -0.3 is 5.11 Å². The van der Waals surface area contributed by atoms with Gasteiger partial charge in [-0.25, -0.2) is 10.3 Å². The van der Waals surface area contributed by atoms with E-state index in [0.717, 1.165) is 0 Å². The lowest BCUT2D eigenvalue weighted by Gasteiger charge is -1.98. The summed E-state index contributed by atoms with van der Waals surface area (Å²) in [5, 5.41) is 14.6. The van der Waals surface area contributed by atoms with Gasteiger partial charge in [0.05, 0.1) is 5.69 Å². The van der Waals surface area contributed by atoms with Gasteiger partial charge >= 0.3 is 5.97 Å². The molecule has 0 fully saturated rings. The van der Waals surface area contributed by atoms with E-state index in [-0.39, 0.29) is 0 Å². The highest BCUT2D eigenvalue weighted by Crippen LogP contribution is 2.04. The van der Waals surface area contributed by atoms with Crippen molar-refractivity contribution < 1.29 is 9.90 Å². The summed E-state index contributed by atoms with van der Waals surface area (Å²) < 4.78 is 0. The number of benzene rings is 1. The van der Waals surface area contributed by atoms with Crippen LogP contribution < -0.4 is 5.43 Å². The molecule has 6 heteroatoms. The number of para-hydroxylation sites is 1. The molecule has 0 saturated carbocycles. The topological polar surface area (TPSA) is 97.9 Å². The molecule has 0 radical (unpaired) electrons. The number of carboxylic acids is 1. The number of amidine groups is 1. The van der Waals surface area contributed by atoms with Gasteiger partial charge in [0.2, 0.25) is 0 Å². The van der Waals surface area contributed by atoms with Gasteiger partial charge in [0.15, 0.2) is 0 Å². The molecule has 0 atom stereocenters. The summed E-state index contributed by atoms with van der Waals surface area (Å²) in [6, 6.07) is 8.80. The third-order valence-electron chi connectivity index (χ3n) is 1.36. The lowest BCUT2D eigenvalue weighted by Crippen LogP contribution is -2.11. The molecule has 0 aliphatic heterocycles. The van der Waals surface area contributed by atoms with Gasteiger partial charge in [0.25, 0.3) is 5.84 Å². The Morgan fingerprint density at radius 1 is 1.36 bits per heavy atom. The molecule has 0 aliphatic rings. The van der Waals surface area contributed by atoms with Gasteiger partial charge in [-0.3, -0.25) is 5.43 Å². The Morgan fingerprint density at radius 3 is 2.50 bits per heavy atom. The molecule has 0 unspecified atom stereocenters. The van der Waals surface area contributed by atoms with Crippen LogP contribution in [0.4, 0.5) is 5.69 Å². The van der Waals surface area contributed by atoms with Gasteiger partial charge in [0.1, 0.15) is 0 Å². The Balaban J connectivity index is 2.71. The molecule has 14 heavy (non-hydrogen) atoms. The van der Waals surface area contributed by atoms with Crippen molar-refractivity contribution in [2.75, 3.05) is 5.43 Å². The van der Waals surface area contributed by atoms with Crippen molar-refractivity contribution in [2.45, 2.75) is 0 Å². The van der Waals surface area contributed by atoms with Crippen molar-refractivity contribution in [3.8, 4) is 0 Å². The Morgan fingerprint density at radius 2 is 2.00 bits per heavy atom. The number of nitrogens with one attached hydrogen (secondary N) is 2. The second kappa shape index (κ2) is 4.70. The number of anilines is 1. The first kappa shape index (κ1) is 9.85. The third kappa shape index (κ3) is 2.67. The zero-order valence-corrected chi connectivity index (χ0v) is 7.14. The maximum absolute atomic E-state index is 10.4. The van der Waals surface area contributed by atoms with Crippen LogP contribution >= 0.6 is 0 Å². The molecule has 0 saturated heterocycles.